The molecule has 6 N–H and O–H groups in total. The van der Waals surface area contributed by atoms with Gasteiger partial charge in [0.05, 0.1) is 40.5 Å². The fraction of sp³-hybridized carbons (Fsp3) is 0.404. The molecular formula is C47H57N9O5S. The minimum absolute atomic E-state index is 0.00991. The van der Waals surface area contributed by atoms with E-state index in [4.69, 9.17) is 5.73 Å². The molecule has 2 aliphatic heterocycles. The summed E-state index contributed by atoms with van der Waals surface area (Å²) < 4.78 is 0. The number of aliphatic hydroxyl groups is 1. The van der Waals surface area contributed by atoms with Gasteiger partial charge in [-0.1, -0.05) is 69.3 Å². The number of benzene rings is 3. The number of amides is 3. The summed E-state index contributed by atoms with van der Waals surface area (Å²) in [7, 11) is 2.08. The topological polar surface area (TPSA) is 190 Å². The maximum Gasteiger partial charge on any atom is 0.246 e. The van der Waals surface area contributed by atoms with Gasteiger partial charge in [-0.05, 0) is 79.1 Å². The zero-order chi connectivity index (χ0) is 44.3. The fourth-order valence-corrected chi connectivity index (χ4v) is 9.24. The van der Waals surface area contributed by atoms with Gasteiger partial charge in [-0.15, -0.1) is 21.5 Å². The number of hydrogen-bond acceptors (Lipinski definition) is 12. The number of carbonyl (C=O) groups excluding carboxylic acids is 3. The number of likely N-dealkylation sites (tertiary alicyclic amines) is 2. The molecule has 0 bridgehead atoms. The maximum atomic E-state index is 14.2. The van der Waals surface area contributed by atoms with Gasteiger partial charge >= 0.3 is 0 Å². The molecule has 3 amide bonds. The average Bonchev–Trinajstić information content (AvgIpc) is 3.88. The first-order valence-corrected chi connectivity index (χ1v) is 22.0. The van der Waals surface area contributed by atoms with E-state index in [1.165, 1.54) is 4.90 Å². The Labute approximate surface area is 367 Å². The lowest BCUT2D eigenvalue weighted by molar-refractivity contribution is -0.144. The molecule has 14 nitrogen and oxygen atoms in total. The van der Waals surface area contributed by atoms with E-state index in [9.17, 15) is 24.6 Å². The number of rotatable bonds is 12. The van der Waals surface area contributed by atoms with Crippen molar-refractivity contribution < 1.29 is 24.6 Å². The Hall–Kier alpha value is -5.90. The van der Waals surface area contributed by atoms with Crippen molar-refractivity contribution in [3.05, 3.63) is 95.6 Å². The third kappa shape index (κ3) is 9.90. The second kappa shape index (κ2) is 18.6. The number of aliphatic hydroxyl groups excluding tert-OH is 1. The number of aromatic hydroxyl groups is 1. The Bertz CT molecular complexity index is 2370. The molecule has 2 aliphatic rings. The van der Waals surface area contributed by atoms with Crippen LogP contribution in [0.25, 0.3) is 32.8 Å². The predicted octanol–water partition coefficient (Wildman–Crippen LogP) is 5.80. The number of aryl methyl sites for hydroxylation is 1. The molecule has 62 heavy (non-hydrogen) atoms. The second-order valence-corrected chi connectivity index (χ2v) is 18.4. The molecule has 4 atom stereocenters. The minimum Gasteiger partial charge on any atom is -0.507 e. The third-order valence-electron chi connectivity index (χ3n) is 12.1. The number of nitrogens with two attached hydrogens (primary N) is 1. The molecule has 0 aliphatic carbocycles. The molecule has 5 aromatic rings. The summed E-state index contributed by atoms with van der Waals surface area (Å²) in [5, 5.41) is 35.5. The summed E-state index contributed by atoms with van der Waals surface area (Å²) in [6, 6.07) is 23.1. The highest BCUT2D eigenvalue weighted by Gasteiger charge is 2.45. The largest absolute Gasteiger partial charge is 0.507 e. The van der Waals surface area contributed by atoms with Crippen molar-refractivity contribution in [2.75, 3.05) is 43.9 Å². The number of hydrogen-bond donors (Lipinski definition) is 5. The molecule has 2 fully saturated rings. The number of thiazole rings is 1. The van der Waals surface area contributed by atoms with Gasteiger partial charge in [0.25, 0.3) is 0 Å². The van der Waals surface area contributed by atoms with Crippen molar-refractivity contribution in [3.63, 3.8) is 0 Å². The first kappa shape index (κ1) is 44.2. The smallest absolute Gasteiger partial charge is 0.246 e. The lowest BCUT2D eigenvalue weighted by atomic mass is 9.85. The number of β-amino-alcohol motifs (C(OH)–C–C–N with tert-alkyl or cyclic N) is 1. The van der Waals surface area contributed by atoms with Gasteiger partial charge in [0.15, 0.2) is 5.82 Å². The number of para-hydroxylation sites is 1. The Morgan fingerprint density at radius 3 is 2.27 bits per heavy atom. The highest BCUT2D eigenvalue weighted by molar-refractivity contribution is 7.13. The molecule has 0 radical (unpaired) electrons. The normalized spacial score (nSPS) is 18.3. The highest BCUT2D eigenvalue weighted by atomic mass is 32.1. The molecule has 1 unspecified atom stereocenters. The van der Waals surface area contributed by atoms with Crippen LogP contribution in [0.2, 0.25) is 0 Å². The van der Waals surface area contributed by atoms with E-state index in [2.05, 4.69) is 54.8 Å². The number of nitrogens with zero attached hydrogens (tertiary/aromatic N) is 6. The number of nitrogen functional groups attached to an aromatic ring is 1. The molecule has 2 aromatic heterocycles. The SMILES string of the molecule is Cc1ncsc1-c1ccc([C@H](C)NC(=O)[C@@H]2C[C@@H](O)CN2C(=O)C(NC(=O)CN2CCC(N(C)c3ccc(-c4cc(-c5ccccc5O)nnc4N)cc3)CC2)C(C)(C)C)cc1. The summed E-state index contributed by atoms with van der Waals surface area (Å²) >= 11 is 1.58. The van der Waals surface area contributed by atoms with Gasteiger partial charge in [0.2, 0.25) is 17.7 Å². The van der Waals surface area contributed by atoms with Crippen LogP contribution in [-0.4, -0.2) is 110 Å². The Morgan fingerprint density at radius 1 is 0.952 bits per heavy atom. The number of carbonyl (C=O) groups is 3. The van der Waals surface area contributed by atoms with Crippen LogP contribution in [-0.2, 0) is 14.4 Å². The van der Waals surface area contributed by atoms with E-state index in [1.54, 1.807) is 29.5 Å². The molecule has 0 spiro atoms. The van der Waals surface area contributed by atoms with Crippen LogP contribution >= 0.6 is 11.3 Å². The Balaban J connectivity index is 0.923. The molecule has 3 aromatic carbocycles. The first-order chi connectivity index (χ1) is 29.6. The third-order valence-corrected chi connectivity index (χ3v) is 13.1. The van der Waals surface area contributed by atoms with Crippen molar-refractivity contribution >= 4 is 40.6 Å². The first-order valence-electron chi connectivity index (χ1n) is 21.1. The van der Waals surface area contributed by atoms with Crippen LogP contribution in [0.5, 0.6) is 5.75 Å². The summed E-state index contributed by atoms with van der Waals surface area (Å²) in [5.41, 5.74) is 14.1. The lowest BCUT2D eigenvalue weighted by Crippen LogP contribution is -2.59. The van der Waals surface area contributed by atoms with E-state index in [1.807, 2.05) is 88.7 Å². The number of nitrogens with one attached hydrogen (secondary N) is 2. The fourth-order valence-electron chi connectivity index (χ4n) is 8.43. The molecule has 7 rings (SSSR count). The number of anilines is 2. The van der Waals surface area contributed by atoms with Gasteiger partial charge in [0, 0.05) is 56.0 Å². The molecule has 4 heterocycles. The summed E-state index contributed by atoms with van der Waals surface area (Å²) in [6.45, 7) is 11.1. The van der Waals surface area contributed by atoms with Crippen molar-refractivity contribution in [1.82, 2.24) is 35.6 Å². The van der Waals surface area contributed by atoms with Gasteiger partial charge in [-0.2, -0.15) is 0 Å². The van der Waals surface area contributed by atoms with Crippen LogP contribution in [0.15, 0.2) is 84.4 Å². The van der Waals surface area contributed by atoms with Crippen LogP contribution in [0.1, 0.15) is 64.3 Å². The second-order valence-electron chi connectivity index (χ2n) is 17.6. The summed E-state index contributed by atoms with van der Waals surface area (Å²) in [6.07, 6.45) is 0.942. The van der Waals surface area contributed by atoms with Crippen molar-refractivity contribution in [2.45, 2.75) is 84.2 Å². The van der Waals surface area contributed by atoms with Crippen molar-refractivity contribution in [1.29, 1.82) is 0 Å². The molecule has 326 valence electrons. The molecule has 0 saturated carbocycles. The predicted molar refractivity (Wildman–Crippen MR) is 243 cm³/mol. The number of piperidine rings is 1. The standard InChI is InChI=1S/C47H57N9O5S/c1-28(30-11-13-32(14-12-30)42-29(2)49-27-62-42)50-45(60)39-23-35(57)25-56(39)46(61)43(47(3,4)5)51-41(59)26-55-21-19-34(20-22-55)54(6)33-17-15-31(16-18-33)37-24-38(52-53-44(37)48)36-9-7-8-10-40(36)58/h7-18,24,27-28,34-35,39,43,57-58H,19-23,25-26H2,1-6H3,(H2,48,53)(H,50,60)(H,51,59)/t28-,35+,39-,43?/m0/s1. The number of phenolic OH excluding ortho intramolecular Hbond substituents is 1. The monoisotopic (exact) mass is 859 g/mol. The number of phenols is 1. The van der Waals surface area contributed by atoms with Crippen LogP contribution in [0.3, 0.4) is 0 Å². The van der Waals surface area contributed by atoms with Gasteiger partial charge < -0.3 is 36.4 Å². The van der Waals surface area contributed by atoms with E-state index in [0.29, 0.717) is 30.2 Å². The van der Waals surface area contributed by atoms with Crippen LogP contribution < -0.4 is 21.3 Å². The lowest BCUT2D eigenvalue weighted by Gasteiger charge is -2.38. The number of aromatic nitrogens is 3. The van der Waals surface area contributed by atoms with Crippen molar-refractivity contribution in [3.8, 4) is 38.6 Å². The van der Waals surface area contributed by atoms with Crippen molar-refractivity contribution in [2.24, 2.45) is 5.41 Å². The van der Waals surface area contributed by atoms with Gasteiger partial charge in [-0.25, -0.2) is 4.98 Å². The molecule has 2 saturated heterocycles. The highest BCUT2D eigenvalue weighted by Crippen LogP contribution is 2.34. The minimum atomic E-state index is -0.905. The maximum absolute atomic E-state index is 14.2. The van der Waals surface area contributed by atoms with E-state index >= 15 is 0 Å². The molecule has 15 heteroatoms. The van der Waals surface area contributed by atoms with Gasteiger partial charge in [-0.3, -0.25) is 19.3 Å². The Kier molecular flexibility index (Phi) is 13.3. The summed E-state index contributed by atoms with van der Waals surface area (Å²) in [4.78, 5) is 52.8. The molecular weight excluding hydrogens is 803 g/mol. The average molecular weight is 860 g/mol. The zero-order valence-corrected chi connectivity index (χ0v) is 37.0. The zero-order valence-electron chi connectivity index (χ0n) is 36.2. The van der Waals surface area contributed by atoms with Gasteiger partial charge in [0.1, 0.15) is 17.8 Å². The van der Waals surface area contributed by atoms with Crippen LogP contribution in [0, 0.1) is 12.3 Å². The van der Waals surface area contributed by atoms with E-state index < -0.39 is 23.6 Å². The summed E-state index contributed by atoms with van der Waals surface area (Å²) in [5.74, 6) is -0.573. The van der Waals surface area contributed by atoms with E-state index in [0.717, 1.165) is 51.4 Å². The van der Waals surface area contributed by atoms with Crippen LogP contribution in [0.4, 0.5) is 11.5 Å². The quantitative estimate of drug-likeness (QED) is 0.102. The van der Waals surface area contributed by atoms with E-state index in [-0.39, 0.29) is 55.1 Å². The Morgan fingerprint density at radius 2 is 1.63 bits per heavy atom.